The van der Waals surface area contributed by atoms with Crippen LogP contribution in [0.25, 0.3) is 6.08 Å². The van der Waals surface area contributed by atoms with Gasteiger partial charge in [0.25, 0.3) is 0 Å². The largest absolute Gasteiger partial charge is 0.442 e. The Morgan fingerprint density at radius 1 is 1.22 bits per heavy atom. The van der Waals surface area contributed by atoms with E-state index in [2.05, 4.69) is 14.8 Å². The van der Waals surface area contributed by atoms with Gasteiger partial charge in [0.15, 0.2) is 0 Å². The Hall–Kier alpha value is -0.420. The van der Waals surface area contributed by atoms with E-state index in [4.69, 9.17) is 0 Å². The van der Waals surface area contributed by atoms with E-state index < -0.39 is 14.0 Å². The summed E-state index contributed by atoms with van der Waals surface area (Å²) in [5, 5.41) is 0. The summed E-state index contributed by atoms with van der Waals surface area (Å²) in [6.07, 6.45) is 1.72. The highest BCUT2D eigenvalue weighted by Crippen LogP contribution is 2.82. The number of benzene rings is 1. The van der Waals surface area contributed by atoms with Crippen LogP contribution in [0.2, 0.25) is 0 Å². The molecule has 2 rings (SSSR count). The Balaban J connectivity index is 2.74. The molecule has 5 heteroatoms. The van der Waals surface area contributed by atoms with Crippen molar-refractivity contribution >= 4 is 29.4 Å². The lowest BCUT2D eigenvalue weighted by Crippen LogP contribution is -2.17. The third-order valence-electron chi connectivity index (χ3n) is 3.09. The summed E-state index contributed by atoms with van der Waals surface area (Å²) < 4.78 is 40.5. The van der Waals surface area contributed by atoms with Crippen LogP contribution in [0.1, 0.15) is 25.0 Å². The molecule has 0 bridgehead atoms. The van der Waals surface area contributed by atoms with Gasteiger partial charge in [-0.2, -0.15) is 13.2 Å². The molecule has 1 aromatic rings. The second kappa shape index (κ2) is 4.30. The van der Waals surface area contributed by atoms with Crippen molar-refractivity contribution in [1.82, 2.24) is 0 Å². The molecule has 1 atom stereocenters. The van der Waals surface area contributed by atoms with Crippen molar-refractivity contribution in [2.24, 2.45) is 5.92 Å². The predicted octanol–water partition coefficient (Wildman–Crippen LogP) is 6.00. The van der Waals surface area contributed by atoms with Crippen molar-refractivity contribution in [1.29, 1.82) is 0 Å². The molecule has 1 heterocycles. The molecule has 0 aromatic heterocycles. The molecule has 18 heavy (non-hydrogen) atoms. The number of aryl methyl sites for hydroxylation is 1. The van der Waals surface area contributed by atoms with Gasteiger partial charge in [-0.15, -0.1) is 0 Å². The zero-order chi connectivity index (χ0) is 13.7. The molecule has 1 aliphatic heterocycles. The van der Waals surface area contributed by atoms with Crippen LogP contribution in [0.4, 0.5) is 13.2 Å². The van der Waals surface area contributed by atoms with Crippen molar-refractivity contribution in [3.05, 3.63) is 34.2 Å². The van der Waals surface area contributed by atoms with E-state index in [1.807, 2.05) is 26.8 Å². The van der Waals surface area contributed by atoms with Gasteiger partial charge in [0.05, 0.1) is 0 Å². The van der Waals surface area contributed by atoms with Crippen LogP contribution in [0.3, 0.4) is 0 Å². The van der Waals surface area contributed by atoms with E-state index in [0.29, 0.717) is 9.80 Å². The minimum absolute atomic E-state index is 0.132. The molecule has 1 aliphatic rings. The topological polar surface area (TPSA) is 0 Å². The molecule has 0 radical (unpaired) electrons. The van der Waals surface area contributed by atoms with Gasteiger partial charge in [0.2, 0.25) is 0 Å². The minimum atomic E-state index is -4.26. The highest BCUT2D eigenvalue weighted by atomic mass is 79.9. The Labute approximate surface area is 114 Å². The van der Waals surface area contributed by atoms with E-state index in [0.717, 1.165) is 11.1 Å². The molecular weight excluding hydrogens is 325 g/mol. The first-order valence-corrected chi connectivity index (χ1v) is 9.07. The summed E-state index contributed by atoms with van der Waals surface area (Å²) in [4.78, 5) is 0.845. The van der Waals surface area contributed by atoms with Crippen LogP contribution in [0.15, 0.2) is 28.0 Å². The molecular formula is C13H14BrF3S. The number of hydrogen-bond acceptors (Lipinski definition) is 0. The van der Waals surface area contributed by atoms with Gasteiger partial charge in [-0.25, -0.2) is 0 Å². The lowest BCUT2D eigenvalue weighted by atomic mass is 10.1. The minimum Gasteiger partial charge on any atom is -0.160 e. The monoisotopic (exact) mass is 338 g/mol. The number of alkyl halides is 3. The number of fused-ring (bicyclic) bond motifs is 1. The second-order valence-electron chi connectivity index (χ2n) is 4.67. The zero-order valence-electron chi connectivity index (χ0n) is 10.3. The fraction of sp³-hybridized carbons (Fsp3) is 0.385. The molecule has 0 nitrogen and oxygen atoms in total. The van der Waals surface area contributed by atoms with Gasteiger partial charge in [-0.05, 0) is 64.3 Å². The van der Waals surface area contributed by atoms with Crippen LogP contribution in [-0.2, 0) is 0 Å². The first kappa shape index (κ1) is 14.0. The predicted molar refractivity (Wildman–Crippen MR) is 74.8 cm³/mol. The van der Waals surface area contributed by atoms with Crippen LogP contribution in [-0.4, -0.2) is 5.51 Å². The van der Waals surface area contributed by atoms with E-state index in [1.165, 1.54) is 0 Å². The smallest absolute Gasteiger partial charge is 0.160 e. The molecule has 1 unspecified atom stereocenters. The number of allylic oxidation sites excluding steroid dienone is 1. The quantitative estimate of drug-likeness (QED) is 0.589. The molecule has 0 fully saturated rings. The maximum atomic E-state index is 13.5. The Morgan fingerprint density at radius 3 is 2.33 bits per heavy atom. The zero-order valence-corrected chi connectivity index (χ0v) is 12.7. The third-order valence-corrected chi connectivity index (χ3v) is 9.19. The maximum absolute atomic E-state index is 13.5. The lowest BCUT2D eigenvalue weighted by Gasteiger charge is -2.36. The number of hydrogen-bond donors (Lipinski definition) is 0. The molecule has 0 saturated carbocycles. The Kier molecular flexibility index (Phi) is 3.35. The molecule has 0 saturated heterocycles. The Bertz CT molecular complexity index is 519. The van der Waals surface area contributed by atoms with Crippen LogP contribution in [0.5, 0.6) is 0 Å². The normalized spacial score (nSPS) is 26.8. The maximum Gasteiger partial charge on any atom is 0.442 e. The lowest BCUT2D eigenvalue weighted by molar-refractivity contribution is -0.0356. The van der Waals surface area contributed by atoms with Crippen molar-refractivity contribution in [2.75, 3.05) is 0 Å². The van der Waals surface area contributed by atoms with Gasteiger partial charge in [-0.1, -0.05) is 26.0 Å². The van der Waals surface area contributed by atoms with Crippen molar-refractivity contribution in [3.8, 4) is 0 Å². The van der Waals surface area contributed by atoms with Gasteiger partial charge >= 0.3 is 5.51 Å². The van der Waals surface area contributed by atoms with E-state index in [-0.39, 0.29) is 5.92 Å². The van der Waals surface area contributed by atoms with Crippen molar-refractivity contribution in [2.45, 2.75) is 31.2 Å². The molecule has 0 amide bonds. The third kappa shape index (κ3) is 1.83. The summed E-state index contributed by atoms with van der Waals surface area (Å²) >= 11 is 3.06. The molecule has 1 aromatic carbocycles. The summed E-state index contributed by atoms with van der Waals surface area (Å²) in [6.45, 7) is 5.46. The van der Waals surface area contributed by atoms with E-state index in [1.54, 1.807) is 18.2 Å². The Morgan fingerprint density at radius 2 is 1.83 bits per heavy atom. The average molecular weight is 339 g/mol. The van der Waals surface area contributed by atoms with Crippen LogP contribution < -0.4 is 0 Å². The first-order chi connectivity index (χ1) is 8.19. The summed E-state index contributed by atoms with van der Waals surface area (Å²) in [5.74, 6) is -0.132. The molecule has 0 aliphatic carbocycles. The first-order valence-electron chi connectivity index (χ1n) is 5.60. The second-order valence-corrected chi connectivity index (χ2v) is 10.0. The van der Waals surface area contributed by atoms with Gasteiger partial charge in [0.1, 0.15) is 0 Å². The molecule has 100 valence electrons. The van der Waals surface area contributed by atoms with Gasteiger partial charge in [-0.3, -0.25) is 0 Å². The average Bonchev–Trinajstić information content (AvgIpc) is 2.55. The van der Waals surface area contributed by atoms with Gasteiger partial charge in [0, 0.05) is 4.90 Å². The van der Waals surface area contributed by atoms with E-state index in [9.17, 15) is 13.2 Å². The van der Waals surface area contributed by atoms with Crippen molar-refractivity contribution in [3.63, 3.8) is 0 Å². The fourth-order valence-corrected chi connectivity index (χ4v) is 6.92. The highest BCUT2D eigenvalue weighted by molar-refractivity contribution is 9.59. The highest BCUT2D eigenvalue weighted by Gasteiger charge is 2.55. The molecule has 0 N–H and O–H groups in total. The SMILES string of the molecule is Cc1cccc2c1C=C(C(C)C)S2(Br)C(F)(F)F. The molecule has 0 spiro atoms. The van der Waals surface area contributed by atoms with E-state index >= 15 is 0 Å². The van der Waals surface area contributed by atoms with Crippen molar-refractivity contribution < 1.29 is 13.2 Å². The van der Waals surface area contributed by atoms with Crippen LogP contribution >= 0.6 is 23.3 Å². The van der Waals surface area contributed by atoms with Crippen LogP contribution in [0, 0.1) is 12.8 Å². The number of rotatable bonds is 1. The standard InChI is InChI=1S/C13H14BrF3S/c1-8(2)12-7-10-9(3)5-4-6-11(10)18(12,14)13(15,16)17/h4-8H,1-3H3. The summed E-state index contributed by atoms with van der Waals surface area (Å²) in [7, 11) is -3.07. The fourth-order valence-electron chi connectivity index (χ4n) is 2.18. The summed E-state index contributed by atoms with van der Waals surface area (Å²) in [6, 6.07) is 5.13. The number of halogens is 4. The van der Waals surface area contributed by atoms with Gasteiger partial charge < -0.3 is 0 Å². The summed E-state index contributed by atoms with van der Waals surface area (Å²) in [5.41, 5.74) is -2.64.